The van der Waals surface area contributed by atoms with Gasteiger partial charge in [0.1, 0.15) is 17.5 Å². The first-order chi connectivity index (χ1) is 20.5. The third-order valence-electron chi connectivity index (χ3n) is 6.78. The second kappa shape index (κ2) is 10.1. The predicted octanol–water partition coefficient (Wildman–Crippen LogP) is 6.94. The summed E-state index contributed by atoms with van der Waals surface area (Å²) >= 11 is 0. The van der Waals surface area contributed by atoms with Gasteiger partial charge in [-0.05, 0) is 41.1 Å². The zero-order valence-corrected chi connectivity index (χ0v) is 21.7. The van der Waals surface area contributed by atoms with E-state index in [0.717, 1.165) is 22.4 Å². The van der Waals surface area contributed by atoms with E-state index in [0.29, 0.717) is 33.6 Å². The van der Waals surface area contributed by atoms with Crippen molar-refractivity contribution >= 4 is 44.5 Å². The fourth-order valence-corrected chi connectivity index (χ4v) is 4.75. The van der Waals surface area contributed by atoms with E-state index in [1.54, 1.807) is 24.3 Å². The molecule has 7 aromatic rings. The lowest BCUT2D eigenvalue weighted by Crippen LogP contribution is -2.20. The molecule has 10 nitrogen and oxygen atoms in total. The molecule has 0 N–H and O–H groups in total. The highest BCUT2D eigenvalue weighted by atomic mass is 16.6. The van der Waals surface area contributed by atoms with Crippen molar-refractivity contribution in [3.05, 3.63) is 135 Å². The number of nitrogens with zero attached hydrogens (tertiary/aromatic N) is 5. The largest absolute Gasteiger partial charge is 0.453 e. The first-order valence-electron chi connectivity index (χ1n) is 12.9. The van der Waals surface area contributed by atoms with E-state index in [2.05, 4.69) is 10.1 Å². The van der Waals surface area contributed by atoms with Crippen LogP contribution in [0.2, 0.25) is 0 Å². The fourth-order valence-electron chi connectivity index (χ4n) is 4.75. The van der Waals surface area contributed by atoms with Crippen LogP contribution in [0.1, 0.15) is 5.56 Å². The third kappa shape index (κ3) is 4.42. The molecule has 0 fully saturated rings. The Bertz CT molecular complexity index is 2200. The van der Waals surface area contributed by atoms with Gasteiger partial charge in [0.15, 0.2) is 5.76 Å². The summed E-state index contributed by atoms with van der Waals surface area (Å²) in [6.45, 7) is 0. The van der Waals surface area contributed by atoms with Crippen molar-refractivity contribution in [3.8, 4) is 23.2 Å². The number of benzene rings is 4. The normalized spacial score (nSPS) is 11.5. The van der Waals surface area contributed by atoms with E-state index < -0.39 is 4.92 Å². The van der Waals surface area contributed by atoms with Crippen LogP contribution in [0, 0.1) is 10.1 Å². The molecule has 10 heteroatoms. The van der Waals surface area contributed by atoms with Crippen molar-refractivity contribution in [2.75, 3.05) is 0 Å². The van der Waals surface area contributed by atoms with Crippen molar-refractivity contribution in [3.63, 3.8) is 0 Å². The Morgan fingerprint density at radius 1 is 0.881 bits per heavy atom. The number of pyridine rings is 1. The molecule has 0 aliphatic rings. The van der Waals surface area contributed by atoms with Crippen molar-refractivity contribution in [1.29, 1.82) is 0 Å². The summed E-state index contributed by atoms with van der Waals surface area (Å²) in [6.07, 6.45) is 2.66. The lowest BCUT2D eigenvalue weighted by Gasteiger charge is -2.11. The second-order valence-electron chi connectivity index (χ2n) is 9.37. The zero-order valence-electron chi connectivity index (χ0n) is 21.7. The van der Waals surface area contributed by atoms with Gasteiger partial charge in [-0.1, -0.05) is 60.7 Å². The molecular weight excluding hydrogens is 534 g/mol. The van der Waals surface area contributed by atoms with Gasteiger partial charge in [-0.25, -0.2) is 9.97 Å². The topological polar surface area (TPSA) is 126 Å². The minimum absolute atomic E-state index is 0.149. The molecule has 0 bridgehead atoms. The molecule has 202 valence electrons. The third-order valence-corrected chi connectivity index (χ3v) is 6.78. The number of nitro groups is 1. The Morgan fingerprint density at radius 3 is 2.43 bits per heavy atom. The van der Waals surface area contributed by atoms with Crippen LogP contribution < -0.4 is 10.3 Å². The van der Waals surface area contributed by atoms with Crippen molar-refractivity contribution in [2.45, 2.75) is 0 Å². The lowest BCUT2D eigenvalue weighted by atomic mass is 10.0. The van der Waals surface area contributed by atoms with Gasteiger partial charge in [-0.2, -0.15) is 9.78 Å². The van der Waals surface area contributed by atoms with Gasteiger partial charge >= 0.3 is 0 Å². The molecule has 0 aliphatic heterocycles. The van der Waals surface area contributed by atoms with Crippen molar-refractivity contribution in [2.24, 2.45) is 5.10 Å². The van der Waals surface area contributed by atoms with E-state index in [1.165, 1.54) is 23.0 Å². The van der Waals surface area contributed by atoms with Crippen LogP contribution in [-0.2, 0) is 0 Å². The van der Waals surface area contributed by atoms with Crippen LogP contribution in [0.25, 0.3) is 44.2 Å². The maximum absolute atomic E-state index is 13.8. The van der Waals surface area contributed by atoms with Gasteiger partial charge in [0.2, 0.25) is 11.7 Å². The van der Waals surface area contributed by atoms with Gasteiger partial charge < -0.3 is 9.15 Å². The summed E-state index contributed by atoms with van der Waals surface area (Å²) in [5.41, 5.74) is 1.23. The molecule has 0 unspecified atom stereocenters. The number of hydrogen-bond donors (Lipinski definition) is 0. The molecule has 4 aromatic carbocycles. The summed E-state index contributed by atoms with van der Waals surface area (Å²) < 4.78 is 13.3. The van der Waals surface area contributed by atoms with Gasteiger partial charge in [-0.15, -0.1) is 0 Å². The number of fused-ring (bicyclic) bond motifs is 3. The van der Waals surface area contributed by atoms with Gasteiger partial charge in [0, 0.05) is 23.1 Å². The molecular formula is C32H19N5O5. The Labute approximate surface area is 236 Å². The summed E-state index contributed by atoms with van der Waals surface area (Å²) in [5, 5.41) is 18.7. The summed E-state index contributed by atoms with van der Waals surface area (Å²) in [5.74, 6) is 1.19. The number of para-hydroxylation sites is 2. The smallest absolute Gasteiger partial charge is 0.287 e. The minimum atomic E-state index is -0.528. The first kappa shape index (κ1) is 24.9. The molecule has 0 spiro atoms. The maximum atomic E-state index is 13.8. The Hall–Kier alpha value is -6.16. The molecule has 3 heterocycles. The fraction of sp³-hybridized carbons (Fsp3) is 0. The van der Waals surface area contributed by atoms with E-state index in [-0.39, 0.29) is 23.0 Å². The van der Waals surface area contributed by atoms with Crippen LogP contribution in [0.3, 0.4) is 0 Å². The monoisotopic (exact) mass is 553 g/mol. The number of furan rings is 1. The molecule has 0 amide bonds. The maximum Gasteiger partial charge on any atom is 0.287 e. The Balaban J connectivity index is 1.40. The van der Waals surface area contributed by atoms with Crippen LogP contribution in [0.5, 0.6) is 11.6 Å². The highest BCUT2D eigenvalue weighted by Crippen LogP contribution is 2.31. The predicted molar refractivity (Wildman–Crippen MR) is 159 cm³/mol. The summed E-state index contributed by atoms with van der Waals surface area (Å²) in [7, 11) is 0. The first-order valence-corrected chi connectivity index (χ1v) is 12.9. The van der Waals surface area contributed by atoms with Crippen molar-refractivity contribution < 1.29 is 14.1 Å². The highest BCUT2D eigenvalue weighted by molar-refractivity contribution is 6.02. The Morgan fingerprint density at radius 2 is 1.64 bits per heavy atom. The molecule has 0 radical (unpaired) electrons. The Kier molecular flexibility index (Phi) is 5.98. The van der Waals surface area contributed by atoms with E-state index in [1.807, 2.05) is 66.7 Å². The highest BCUT2D eigenvalue weighted by Gasteiger charge is 2.17. The number of hydrogen-bond acceptors (Lipinski definition) is 8. The van der Waals surface area contributed by atoms with Gasteiger partial charge in [0.05, 0.1) is 22.0 Å². The van der Waals surface area contributed by atoms with E-state index >= 15 is 0 Å². The number of ether oxygens (including phenoxy) is 1. The standard InChI is InChI=1S/C32H19N5O5/c38-32-24-10-4-5-11-26(24)35-31(29-17-21-8-2-6-12-27(21)41-29)36(32)34-19-25-23-9-3-1-7-20(23)13-15-28(25)42-30-16-14-22(18-33-30)37(39)40/h1-19H. The molecule has 42 heavy (non-hydrogen) atoms. The quantitative estimate of drug-likeness (QED) is 0.124. The molecule has 7 rings (SSSR count). The molecule has 0 saturated carbocycles. The lowest BCUT2D eigenvalue weighted by molar-refractivity contribution is -0.385. The van der Waals surface area contributed by atoms with Crippen molar-refractivity contribution in [1.82, 2.24) is 14.6 Å². The van der Waals surface area contributed by atoms with Crippen LogP contribution in [-0.4, -0.2) is 25.8 Å². The number of rotatable bonds is 6. The molecule has 3 aromatic heterocycles. The van der Waals surface area contributed by atoms with Gasteiger partial charge in [-0.3, -0.25) is 14.9 Å². The average Bonchev–Trinajstić information content (AvgIpc) is 3.46. The zero-order chi connectivity index (χ0) is 28.6. The van der Waals surface area contributed by atoms with Gasteiger partial charge in [0.25, 0.3) is 11.2 Å². The SMILES string of the molecule is O=c1c2ccccc2nc(-c2cc3ccccc3o2)n1N=Cc1c(Oc2ccc([N+](=O)[O-])cn2)ccc2ccccc12. The van der Waals surface area contributed by atoms with Crippen LogP contribution in [0.15, 0.2) is 124 Å². The number of aromatic nitrogens is 3. The second-order valence-corrected chi connectivity index (χ2v) is 9.37. The van der Waals surface area contributed by atoms with E-state index in [4.69, 9.17) is 14.1 Å². The van der Waals surface area contributed by atoms with E-state index in [9.17, 15) is 14.9 Å². The molecule has 0 saturated heterocycles. The summed E-state index contributed by atoms with van der Waals surface area (Å²) in [4.78, 5) is 33.1. The summed E-state index contributed by atoms with van der Waals surface area (Å²) in [6, 6.07) is 30.5. The molecule has 0 aliphatic carbocycles. The minimum Gasteiger partial charge on any atom is -0.453 e. The average molecular weight is 554 g/mol. The van der Waals surface area contributed by atoms with Crippen LogP contribution in [0.4, 0.5) is 5.69 Å². The van der Waals surface area contributed by atoms with Crippen LogP contribution >= 0.6 is 0 Å². The molecule has 0 atom stereocenters.